The van der Waals surface area contributed by atoms with Gasteiger partial charge in [0.25, 0.3) is 5.91 Å². The molecule has 11 heteroatoms. The highest BCUT2D eigenvalue weighted by Gasteiger charge is 2.38. The van der Waals surface area contributed by atoms with E-state index in [0.717, 1.165) is 6.20 Å². The summed E-state index contributed by atoms with van der Waals surface area (Å²) in [5.41, 5.74) is 0.0660. The van der Waals surface area contributed by atoms with E-state index in [1.165, 1.54) is 17.9 Å². The minimum Gasteiger partial charge on any atom is -0.476 e. The number of benzene rings is 1. The molecular formula is C21H23F4N3O3S. The minimum atomic E-state index is -4.59. The number of aromatic nitrogens is 1. The van der Waals surface area contributed by atoms with Crippen molar-refractivity contribution in [3.63, 3.8) is 0 Å². The zero-order chi connectivity index (χ0) is 24.0. The molecule has 1 aromatic heterocycles. The number of anilines is 2. The third-order valence-corrected chi connectivity index (χ3v) is 5.69. The number of nitrogens with one attached hydrogen (secondary N) is 1. The third-order valence-electron chi connectivity index (χ3n) is 4.66. The lowest BCUT2D eigenvalue weighted by molar-refractivity contribution is -0.137. The van der Waals surface area contributed by atoms with E-state index in [1.807, 2.05) is 20.8 Å². The number of halogens is 4. The van der Waals surface area contributed by atoms with Crippen LogP contribution in [0.4, 0.5) is 28.9 Å². The van der Waals surface area contributed by atoms with Gasteiger partial charge >= 0.3 is 6.18 Å². The standard InChI is InChI=1S/C21H23F4N3O3S/c1-10-6-13-17(15(22)16(10)27-14(29)7-20(3,4)5)31-11(2)18(30)28(13)9-12-8-26-19(32-12)21(23,24)25/h6,8,11H,7,9H2,1-5H3,(H,27,29). The molecular weight excluding hydrogens is 450 g/mol. The Morgan fingerprint density at radius 1 is 1.31 bits per heavy atom. The lowest BCUT2D eigenvalue weighted by Crippen LogP contribution is -2.44. The van der Waals surface area contributed by atoms with Gasteiger partial charge in [0.1, 0.15) is 0 Å². The Hall–Kier alpha value is -2.69. The number of nitrogens with zero attached hydrogens (tertiary/aromatic N) is 2. The van der Waals surface area contributed by atoms with Crippen molar-refractivity contribution < 1.29 is 31.9 Å². The van der Waals surface area contributed by atoms with Crippen LogP contribution in [0.15, 0.2) is 12.3 Å². The molecule has 1 aliphatic heterocycles. The Morgan fingerprint density at radius 3 is 2.53 bits per heavy atom. The number of ether oxygens (including phenoxy) is 1. The van der Waals surface area contributed by atoms with Crippen molar-refractivity contribution >= 4 is 34.5 Å². The molecule has 0 saturated carbocycles. The SMILES string of the molecule is Cc1cc2c(c(F)c1NC(=O)CC(C)(C)C)OC(C)C(=O)N2Cc1cnc(C(F)(F)F)s1. The van der Waals surface area contributed by atoms with Gasteiger partial charge in [-0.05, 0) is 30.9 Å². The van der Waals surface area contributed by atoms with Gasteiger partial charge in [-0.3, -0.25) is 9.59 Å². The van der Waals surface area contributed by atoms with Gasteiger partial charge in [-0.15, -0.1) is 11.3 Å². The van der Waals surface area contributed by atoms with Crippen molar-refractivity contribution in [1.82, 2.24) is 4.98 Å². The molecule has 32 heavy (non-hydrogen) atoms. The number of alkyl halides is 3. The summed E-state index contributed by atoms with van der Waals surface area (Å²) >= 11 is 0.415. The Morgan fingerprint density at radius 2 is 1.97 bits per heavy atom. The van der Waals surface area contributed by atoms with E-state index in [2.05, 4.69) is 10.3 Å². The molecule has 0 spiro atoms. The molecule has 1 aromatic carbocycles. The highest BCUT2D eigenvalue weighted by molar-refractivity contribution is 7.11. The summed E-state index contributed by atoms with van der Waals surface area (Å²) in [6.07, 6.45) is -4.44. The van der Waals surface area contributed by atoms with E-state index in [-0.39, 0.29) is 46.3 Å². The zero-order valence-corrected chi connectivity index (χ0v) is 19.0. The molecule has 0 aliphatic carbocycles. The maximum absolute atomic E-state index is 15.3. The predicted molar refractivity (Wildman–Crippen MR) is 112 cm³/mol. The highest BCUT2D eigenvalue weighted by Crippen LogP contribution is 2.43. The topological polar surface area (TPSA) is 71.5 Å². The van der Waals surface area contributed by atoms with Crippen molar-refractivity contribution in [3.8, 4) is 5.75 Å². The average Bonchev–Trinajstić information content (AvgIpc) is 3.11. The number of hydrogen-bond acceptors (Lipinski definition) is 5. The van der Waals surface area contributed by atoms with Crippen molar-refractivity contribution in [2.45, 2.75) is 59.9 Å². The molecule has 0 saturated heterocycles. The molecule has 1 aliphatic rings. The molecule has 174 valence electrons. The quantitative estimate of drug-likeness (QED) is 0.612. The number of fused-ring (bicyclic) bond motifs is 1. The lowest BCUT2D eigenvalue weighted by atomic mass is 9.92. The molecule has 3 rings (SSSR count). The zero-order valence-electron chi connectivity index (χ0n) is 18.2. The molecule has 2 heterocycles. The second kappa shape index (κ2) is 8.34. The molecule has 2 aromatic rings. The van der Waals surface area contributed by atoms with Gasteiger partial charge in [0.15, 0.2) is 22.7 Å². The molecule has 0 radical (unpaired) electrons. The first kappa shape index (κ1) is 24.0. The van der Waals surface area contributed by atoms with Crippen molar-refractivity contribution in [3.05, 3.63) is 33.5 Å². The number of aryl methyl sites for hydroxylation is 1. The number of carbonyl (C=O) groups excluding carboxylic acids is 2. The van der Waals surface area contributed by atoms with Crippen LogP contribution in [0.1, 0.15) is 49.6 Å². The first-order valence-corrected chi connectivity index (χ1v) is 10.6. The van der Waals surface area contributed by atoms with E-state index >= 15 is 4.39 Å². The van der Waals surface area contributed by atoms with Crippen LogP contribution in [0, 0.1) is 18.2 Å². The van der Waals surface area contributed by atoms with E-state index in [0.29, 0.717) is 16.9 Å². The number of thiazole rings is 1. The molecule has 1 atom stereocenters. The molecule has 0 fully saturated rings. The first-order valence-electron chi connectivity index (χ1n) is 9.80. The monoisotopic (exact) mass is 473 g/mol. The van der Waals surface area contributed by atoms with Crippen LogP contribution < -0.4 is 15.0 Å². The van der Waals surface area contributed by atoms with Crippen LogP contribution in [0.5, 0.6) is 5.75 Å². The Kier molecular flexibility index (Phi) is 6.25. The first-order chi connectivity index (χ1) is 14.7. The summed E-state index contributed by atoms with van der Waals surface area (Å²) in [7, 11) is 0. The summed E-state index contributed by atoms with van der Waals surface area (Å²) in [5.74, 6) is -1.98. The third kappa shape index (κ3) is 5.03. The highest BCUT2D eigenvalue weighted by atomic mass is 32.1. The van der Waals surface area contributed by atoms with Crippen LogP contribution in [-0.4, -0.2) is 22.9 Å². The normalized spacial score (nSPS) is 16.6. The smallest absolute Gasteiger partial charge is 0.443 e. The fourth-order valence-electron chi connectivity index (χ4n) is 3.27. The number of amides is 2. The van der Waals surface area contributed by atoms with Gasteiger partial charge in [0, 0.05) is 17.5 Å². The van der Waals surface area contributed by atoms with E-state index in [4.69, 9.17) is 4.74 Å². The van der Waals surface area contributed by atoms with Crippen molar-refractivity contribution in [2.24, 2.45) is 5.41 Å². The van der Waals surface area contributed by atoms with Crippen molar-refractivity contribution in [1.29, 1.82) is 0 Å². The van der Waals surface area contributed by atoms with Gasteiger partial charge in [-0.2, -0.15) is 13.2 Å². The molecule has 1 unspecified atom stereocenters. The average molecular weight is 473 g/mol. The second-order valence-corrected chi connectivity index (χ2v) is 9.95. The van der Waals surface area contributed by atoms with Gasteiger partial charge in [0.2, 0.25) is 5.91 Å². The van der Waals surface area contributed by atoms with Gasteiger partial charge in [0.05, 0.1) is 17.9 Å². The van der Waals surface area contributed by atoms with Gasteiger partial charge in [-0.1, -0.05) is 20.8 Å². The summed E-state index contributed by atoms with van der Waals surface area (Å²) in [4.78, 5) is 29.8. The molecule has 0 bridgehead atoms. The maximum Gasteiger partial charge on any atom is 0.443 e. The maximum atomic E-state index is 15.3. The van der Waals surface area contributed by atoms with Crippen LogP contribution in [0.3, 0.4) is 0 Å². The summed E-state index contributed by atoms with van der Waals surface area (Å²) in [6.45, 7) is 8.39. The van der Waals surface area contributed by atoms with Crippen LogP contribution in [0.2, 0.25) is 0 Å². The Labute approximate surface area is 186 Å². The number of carbonyl (C=O) groups is 2. The number of rotatable bonds is 4. The van der Waals surface area contributed by atoms with Crippen LogP contribution in [-0.2, 0) is 22.3 Å². The molecule has 2 amide bonds. The Bertz CT molecular complexity index is 1060. The van der Waals surface area contributed by atoms with E-state index < -0.39 is 29.0 Å². The lowest BCUT2D eigenvalue weighted by Gasteiger charge is -2.34. The second-order valence-electron chi connectivity index (χ2n) is 8.83. The van der Waals surface area contributed by atoms with Gasteiger partial charge < -0.3 is 15.0 Å². The van der Waals surface area contributed by atoms with Gasteiger partial charge in [-0.25, -0.2) is 9.37 Å². The number of hydrogen-bond donors (Lipinski definition) is 1. The summed E-state index contributed by atoms with van der Waals surface area (Å²) in [6, 6.07) is 1.47. The van der Waals surface area contributed by atoms with Crippen molar-refractivity contribution in [2.75, 3.05) is 10.2 Å². The predicted octanol–water partition coefficient (Wildman–Crippen LogP) is 5.30. The molecule has 1 N–H and O–H groups in total. The summed E-state index contributed by atoms with van der Waals surface area (Å²) in [5, 5.41) is 1.54. The minimum absolute atomic E-state index is 0.0587. The Balaban J connectivity index is 1.96. The fraction of sp³-hybridized carbons (Fsp3) is 0.476. The fourth-order valence-corrected chi connectivity index (χ4v) is 4.04. The largest absolute Gasteiger partial charge is 0.476 e. The summed E-state index contributed by atoms with van der Waals surface area (Å²) < 4.78 is 59.5. The van der Waals surface area contributed by atoms with E-state index in [1.54, 1.807) is 6.92 Å². The molecule has 6 nitrogen and oxygen atoms in total. The van der Waals surface area contributed by atoms with Crippen LogP contribution >= 0.6 is 11.3 Å². The van der Waals surface area contributed by atoms with Crippen LogP contribution in [0.25, 0.3) is 0 Å². The van der Waals surface area contributed by atoms with E-state index in [9.17, 15) is 22.8 Å².